The van der Waals surface area contributed by atoms with Gasteiger partial charge in [-0.1, -0.05) is 11.6 Å². The van der Waals surface area contributed by atoms with E-state index in [9.17, 15) is 0 Å². The van der Waals surface area contributed by atoms with Gasteiger partial charge >= 0.3 is 0 Å². The number of pyridine rings is 1. The van der Waals surface area contributed by atoms with E-state index in [0.717, 1.165) is 17.0 Å². The Hall–Kier alpha value is -1.46. The molecule has 0 aromatic carbocycles. The number of imidazole rings is 1. The molecular weight excluding hydrogens is 184 g/mol. The molecule has 0 aliphatic rings. The van der Waals surface area contributed by atoms with Crippen molar-refractivity contribution >= 4 is 17.2 Å². The van der Waals surface area contributed by atoms with Crippen molar-refractivity contribution in [2.45, 2.75) is 6.92 Å². The number of fused-ring (bicyclic) bond motifs is 1. The van der Waals surface area contributed by atoms with Crippen molar-refractivity contribution in [1.29, 1.82) is 0 Å². The van der Waals surface area contributed by atoms with Crippen LogP contribution in [-0.2, 0) is 0 Å². The summed E-state index contributed by atoms with van der Waals surface area (Å²) in [6.07, 6.45) is 7.21. The molecule has 2 nitrogen and oxygen atoms in total. The summed E-state index contributed by atoms with van der Waals surface area (Å²) in [6, 6.07) is 3.64. The molecule has 2 aromatic rings. The summed E-state index contributed by atoms with van der Waals surface area (Å²) in [7, 11) is 0. The Labute approximate surface area is 81.2 Å². The first kappa shape index (κ1) is 8.15. The van der Waals surface area contributed by atoms with Gasteiger partial charge in [-0.15, -0.1) is 6.42 Å². The van der Waals surface area contributed by atoms with Crippen LogP contribution in [0.2, 0.25) is 5.02 Å². The molecular formula is C10H7ClN2. The maximum absolute atomic E-state index is 5.95. The van der Waals surface area contributed by atoms with Crippen molar-refractivity contribution in [3.8, 4) is 12.3 Å². The van der Waals surface area contributed by atoms with Crippen LogP contribution in [0, 0.1) is 19.3 Å². The number of hydrogen-bond donors (Lipinski definition) is 0. The van der Waals surface area contributed by atoms with E-state index in [-0.39, 0.29) is 0 Å². The number of nitrogens with zero attached hydrogens (tertiary/aromatic N) is 2. The minimum absolute atomic E-state index is 0.618. The summed E-state index contributed by atoms with van der Waals surface area (Å²) >= 11 is 5.95. The first-order valence-corrected chi connectivity index (χ1v) is 4.21. The summed E-state index contributed by atoms with van der Waals surface area (Å²) in [4.78, 5) is 4.27. The molecule has 0 unspecified atom stereocenters. The zero-order valence-electron chi connectivity index (χ0n) is 7.08. The molecule has 0 saturated carbocycles. The van der Waals surface area contributed by atoms with Gasteiger partial charge in [0, 0.05) is 6.20 Å². The summed E-state index contributed by atoms with van der Waals surface area (Å²) in [5.41, 5.74) is 2.31. The second-order valence-corrected chi connectivity index (χ2v) is 3.15. The van der Waals surface area contributed by atoms with Crippen LogP contribution in [0.4, 0.5) is 0 Å². The van der Waals surface area contributed by atoms with Crippen LogP contribution in [0.25, 0.3) is 5.65 Å². The minimum Gasteiger partial charge on any atom is -0.292 e. The van der Waals surface area contributed by atoms with Crippen molar-refractivity contribution in [1.82, 2.24) is 9.38 Å². The van der Waals surface area contributed by atoms with E-state index in [2.05, 4.69) is 10.9 Å². The number of aromatic nitrogens is 2. The van der Waals surface area contributed by atoms with Crippen LogP contribution < -0.4 is 0 Å². The smallest absolute Gasteiger partial charge is 0.156 e. The fourth-order valence-corrected chi connectivity index (χ4v) is 1.53. The summed E-state index contributed by atoms with van der Waals surface area (Å²) < 4.78 is 1.82. The standard InChI is InChI=1S/C10H7ClN2/c1-3-9-7(2)12-10-8(11)5-4-6-13(9)10/h1,4-6H,2H3. The molecule has 64 valence electrons. The van der Waals surface area contributed by atoms with Crippen LogP contribution in [0.3, 0.4) is 0 Å². The molecule has 0 N–H and O–H groups in total. The Bertz CT molecular complexity index is 505. The molecule has 2 heterocycles. The van der Waals surface area contributed by atoms with Crippen LogP contribution in [0.1, 0.15) is 11.4 Å². The Morgan fingerprint density at radius 2 is 2.38 bits per heavy atom. The molecule has 0 fully saturated rings. The first-order valence-electron chi connectivity index (χ1n) is 3.84. The lowest BCUT2D eigenvalue weighted by Gasteiger charge is -1.95. The average molecular weight is 191 g/mol. The van der Waals surface area contributed by atoms with Gasteiger partial charge in [-0.2, -0.15) is 0 Å². The van der Waals surface area contributed by atoms with Crippen molar-refractivity contribution < 1.29 is 0 Å². The summed E-state index contributed by atoms with van der Waals surface area (Å²) in [6.45, 7) is 1.87. The lowest BCUT2D eigenvalue weighted by Crippen LogP contribution is -1.87. The van der Waals surface area contributed by atoms with Gasteiger partial charge in [0.25, 0.3) is 0 Å². The Kier molecular flexibility index (Phi) is 1.75. The van der Waals surface area contributed by atoms with E-state index >= 15 is 0 Å². The van der Waals surface area contributed by atoms with Gasteiger partial charge in [0.15, 0.2) is 5.65 Å². The van der Waals surface area contributed by atoms with Gasteiger partial charge < -0.3 is 0 Å². The summed E-state index contributed by atoms with van der Waals surface area (Å²) in [5.74, 6) is 2.59. The fourth-order valence-electron chi connectivity index (χ4n) is 1.32. The average Bonchev–Trinajstić information content (AvgIpc) is 2.43. The number of halogens is 1. The Morgan fingerprint density at radius 3 is 3.08 bits per heavy atom. The predicted octanol–water partition coefficient (Wildman–Crippen LogP) is 2.28. The van der Waals surface area contributed by atoms with Gasteiger partial charge in [0.2, 0.25) is 0 Å². The van der Waals surface area contributed by atoms with Gasteiger partial charge in [-0.3, -0.25) is 4.40 Å². The van der Waals surface area contributed by atoms with Gasteiger partial charge in [-0.05, 0) is 25.0 Å². The number of hydrogen-bond acceptors (Lipinski definition) is 1. The molecule has 0 saturated heterocycles. The molecule has 0 spiro atoms. The van der Waals surface area contributed by atoms with Crippen LogP contribution in [0.5, 0.6) is 0 Å². The SMILES string of the molecule is C#Cc1c(C)nc2c(Cl)cccn12. The Morgan fingerprint density at radius 1 is 1.62 bits per heavy atom. The van der Waals surface area contributed by atoms with Crippen LogP contribution in [0.15, 0.2) is 18.3 Å². The Balaban J connectivity index is 2.96. The highest BCUT2D eigenvalue weighted by atomic mass is 35.5. The van der Waals surface area contributed by atoms with Crippen LogP contribution in [-0.4, -0.2) is 9.38 Å². The molecule has 0 atom stereocenters. The second kappa shape index (κ2) is 2.79. The molecule has 0 aliphatic heterocycles. The number of aryl methyl sites for hydroxylation is 1. The van der Waals surface area contributed by atoms with Gasteiger partial charge in [0.1, 0.15) is 5.69 Å². The van der Waals surface area contributed by atoms with Gasteiger partial charge in [-0.25, -0.2) is 4.98 Å². The first-order chi connectivity index (χ1) is 6.24. The third-order valence-corrected chi connectivity index (χ3v) is 2.21. The molecule has 2 aromatic heterocycles. The summed E-state index contributed by atoms with van der Waals surface area (Å²) in [5, 5.41) is 0.618. The third-order valence-electron chi connectivity index (χ3n) is 1.91. The monoisotopic (exact) mass is 190 g/mol. The maximum Gasteiger partial charge on any atom is 0.156 e. The highest BCUT2D eigenvalue weighted by Crippen LogP contribution is 2.18. The highest BCUT2D eigenvalue weighted by molar-refractivity contribution is 6.33. The zero-order chi connectivity index (χ0) is 9.42. The van der Waals surface area contributed by atoms with Crippen LogP contribution >= 0.6 is 11.6 Å². The second-order valence-electron chi connectivity index (χ2n) is 2.74. The van der Waals surface area contributed by atoms with E-state index in [1.165, 1.54) is 0 Å². The molecule has 3 heteroatoms. The molecule has 0 aliphatic carbocycles. The van der Waals surface area contributed by atoms with Gasteiger partial charge in [0.05, 0.1) is 10.7 Å². The molecule has 0 radical (unpaired) electrons. The van der Waals surface area contributed by atoms with Crippen molar-refractivity contribution in [2.75, 3.05) is 0 Å². The third kappa shape index (κ3) is 1.09. The van der Waals surface area contributed by atoms with E-state index in [1.54, 1.807) is 6.07 Å². The lowest BCUT2D eigenvalue weighted by molar-refractivity contribution is 1.16. The zero-order valence-corrected chi connectivity index (χ0v) is 7.84. The lowest BCUT2D eigenvalue weighted by atomic mass is 10.3. The normalized spacial score (nSPS) is 10.2. The molecule has 13 heavy (non-hydrogen) atoms. The van der Waals surface area contributed by atoms with Crippen molar-refractivity contribution in [3.63, 3.8) is 0 Å². The molecule has 0 bridgehead atoms. The predicted molar refractivity (Wildman–Crippen MR) is 52.9 cm³/mol. The van der Waals surface area contributed by atoms with Crippen molar-refractivity contribution in [3.05, 3.63) is 34.7 Å². The fraction of sp³-hybridized carbons (Fsp3) is 0.100. The van der Waals surface area contributed by atoms with E-state index in [1.807, 2.05) is 23.6 Å². The highest BCUT2D eigenvalue weighted by Gasteiger charge is 2.07. The van der Waals surface area contributed by atoms with Crippen molar-refractivity contribution in [2.24, 2.45) is 0 Å². The maximum atomic E-state index is 5.95. The van der Waals surface area contributed by atoms with E-state index in [0.29, 0.717) is 5.02 Å². The molecule has 0 amide bonds. The van der Waals surface area contributed by atoms with E-state index < -0.39 is 0 Å². The quantitative estimate of drug-likeness (QED) is 0.583. The van der Waals surface area contributed by atoms with E-state index in [4.69, 9.17) is 18.0 Å². The minimum atomic E-state index is 0.618. The topological polar surface area (TPSA) is 17.3 Å². The number of rotatable bonds is 0. The largest absolute Gasteiger partial charge is 0.292 e. The molecule has 2 rings (SSSR count). The number of terminal acetylenes is 1.